The number of hydrogen-bond donors (Lipinski definition) is 2. The van der Waals surface area contributed by atoms with Crippen molar-refractivity contribution in [3.63, 3.8) is 0 Å². The van der Waals surface area contributed by atoms with Crippen molar-refractivity contribution >= 4 is 11.9 Å². The lowest BCUT2D eigenvalue weighted by molar-refractivity contribution is -0.151. The number of rotatable bonds is 6. The van der Waals surface area contributed by atoms with Crippen molar-refractivity contribution in [2.75, 3.05) is 0 Å². The van der Waals surface area contributed by atoms with Gasteiger partial charge in [0.05, 0.1) is 0 Å². The zero-order chi connectivity index (χ0) is 15.4. The van der Waals surface area contributed by atoms with Crippen LogP contribution in [-0.4, -0.2) is 39.8 Å². The molecule has 0 spiro atoms. The number of amides is 1. The summed E-state index contributed by atoms with van der Waals surface area (Å²) in [6.07, 6.45) is 3.09. The van der Waals surface area contributed by atoms with Crippen molar-refractivity contribution in [2.24, 2.45) is 7.05 Å². The summed E-state index contributed by atoms with van der Waals surface area (Å²) < 4.78 is 7.30. The van der Waals surface area contributed by atoms with Gasteiger partial charge in [-0.15, -0.1) is 0 Å². The van der Waals surface area contributed by atoms with Crippen LogP contribution in [0.5, 0.6) is 0 Å². The van der Waals surface area contributed by atoms with Crippen LogP contribution in [-0.2, 0) is 27.8 Å². The fourth-order valence-electron chi connectivity index (χ4n) is 2.54. The molecule has 1 aliphatic rings. The minimum Gasteiger partial charge on any atom is -0.479 e. The molecule has 1 unspecified atom stereocenters. The number of nitrogens with one attached hydrogen (secondary N) is 1. The van der Waals surface area contributed by atoms with Gasteiger partial charge in [-0.1, -0.05) is 0 Å². The van der Waals surface area contributed by atoms with E-state index in [1.54, 1.807) is 0 Å². The number of carboxylic acid groups (broad SMARTS) is 1. The molecule has 6 nitrogen and oxygen atoms in total. The summed E-state index contributed by atoms with van der Waals surface area (Å²) in [6, 6.07) is 4.09. The molecule has 3 atom stereocenters. The van der Waals surface area contributed by atoms with E-state index in [2.05, 4.69) is 16.0 Å². The third kappa shape index (κ3) is 4.07. The van der Waals surface area contributed by atoms with E-state index in [1.807, 2.05) is 26.2 Å². The molecule has 0 aromatic carbocycles. The molecule has 0 aliphatic carbocycles. The first-order valence-electron chi connectivity index (χ1n) is 7.26. The third-order valence-corrected chi connectivity index (χ3v) is 3.86. The van der Waals surface area contributed by atoms with Gasteiger partial charge >= 0.3 is 5.97 Å². The highest BCUT2D eigenvalue weighted by atomic mass is 16.5. The number of hydrogen-bond acceptors (Lipinski definition) is 3. The fraction of sp³-hybridized carbons (Fsp3) is 0.600. The van der Waals surface area contributed by atoms with Gasteiger partial charge in [0, 0.05) is 25.0 Å². The Labute approximate surface area is 124 Å². The van der Waals surface area contributed by atoms with E-state index < -0.39 is 18.2 Å². The molecular weight excluding hydrogens is 272 g/mol. The highest BCUT2D eigenvalue weighted by Gasteiger charge is 2.34. The van der Waals surface area contributed by atoms with E-state index in [0.717, 1.165) is 12.8 Å². The van der Waals surface area contributed by atoms with Crippen LogP contribution < -0.4 is 5.32 Å². The van der Waals surface area contributed by atoms with Crippen molar-refractivity contribution in [3.05, 3.63) is 24.0 Å². The van der Waals surface area contributed by atoms with Crippen LogP contribution in [0.25, 0.3) is 0 Å². The maximum atomic E-state index is 12.0. The molecule has 2 rings (SSSR count). The number of aliphatic carboxylic acids is 1. The standard InChI is InChI=1S/C15H22N2O4/c1-10(5-6-11-4-3-9-17(11)2)16-14(18)12-7-8-13(21-12)15(19)20/h3-4,9-10,12-13H,5-8H2,1-2H3,(H,16,18)(H,19,20)/t10?,12-,13+/m0/s1. The Hall–Kier alpha value is -1.82. The molecule has 2 N–H and O–H groups in total. The molecular formula is C15H22N2O4. The lowest BCUT2D eigenvalue weighted by atomic mass is 10.1. The van der Waals surface area contributed by atoms with Gasteiger partial charge in [0.25, 0.3) is 0 Å². The average Bonchev–Trinajstić information content (AvgIpc) is 3.05. The summed E-state index contributed by atoms with van der Waals surface area (Å²) in [5.74, 6) is -1.21. The topological polar surface area (TPSA) is 80.6 Å². The van der Waals surface area contributed by atoms with Gasteiger partial charge in [0.2, 0.25) is 5.91 Å². The highest BCUT2D eigenvalue weighted by molar-refractivity contribution is 5.82. The van der Waals surface area contributed by atoms with Gasteiger partial charge in [0.1, 0.15) is 6.10 Å². The van der Waals surface area contributed by atoms with Crippen LogP contribution in [0.1, 0.15) is 31.9 Å². The number of nitrogens with zero attached hydrogens (tertiary/aromatic N) is 1. The SMILES string of the molecule is CC(CCc1cccn1C)NC(=O)[C@@H]1CC[C@H](C(=O)O)O1. The normalized spacial score (nSPS) is 23.0. The Bertz CT molecular complexity index is 512. The van der Waals surface area contributed by atoms with Crippen LogP contribution in [0.15, 0.2) is 18.3 Å². The molecule has 1 aliphatic heterocycles. The monoisotopic (exact) mass is 294 g/mol. The summed E-state index contributed by atoms with van der Waals surface area (Å²) in [5.41, 5.74) is 1.22. The smallest absolute Gasteiger partial charge is 0.332 e. The lowest BCUT2D eigenvalue weighted by Gasteiger charge is -2.17. The van der Waals surface area contributed by atoms with Crippen LogP contribution in [0.4, 0.5) is 0 Å². The Balaban J connectivity index is 1.75. The Morgan fingerprint density at radius 3 is 2.76 bits per heavy atom. The summed E-state index contributed by atoms with van der Waals surface area (Å²) >= 11 is 0. The molecule has 6 heteroatoms. The number of carboxylic acids is 1. The number of carbonyl (C=O) groups excluding carboxylic acids is 1. The van der Waals surface area contributed by atoms with Crippen LogP contribution in [0.3, 0.4) is 0 Å². The molecule has 0 radical (unpaired) electrons. The molecule has 1 aromatic heterocycles. The average molecular weight is 294 g/mol. The van der Waals surface area contributed by atoms with E-state index in [1.165, 1.54) is 5.69 Å². The van der Waals surface area contributed by atoms with Crippen molar-refractivity contribution in [3.8, 4) is 0 Å². The Kier molecular flexibility index (Phi) is 5.01. The Morgan fingerprint density at radius 1 is 1.48 bits per heavy atom. The first-order chi connectivity index (χ1) is 9.97. The predicted octanol–water partition coefficient (Wildman–Crippen LogP) is 1.09. The van der Waals surface area contributed by atoms with Crippen LogP contribution >= 0.6 is 0 Å². The molecule has 1 saturated heterocycles. The van der Waals surface area contributed by atoms with Crippen LogP contribution in [0.2, 0.25) is 0 Å². The Morgan fingerprint density at radius 2 is 2.19 bits per heavy atom. The summed E-state index contributed by atoms with van der Waals surface area (Å²) in [4.78, 5) is 22.8. The van der Waals surface area contributed by atoms with E-state index in [-0.39, 0.29) is 11.9 Å². The molecule has 0 bridgehead atoms. The second kappa shape index (κ2) is 6.76. The third-order valence-electron chi connectivity index (χ3n) is 3.86. The first kappa shape index (κ1) is 15.6. The quantitative estimate of drug-likeness (QED) is 0.823. The zero-order valence-electron chi connectivity index (χ0n) is 12.4. The van der Waals surface area contributed by atoms with Gasteiger partial charge in [-0.2, -0.15) is 0 Å². The zero-order valence-corrected chi connectivity index (χ0v) is 12.4. The molecule has 21 heavy (non-hydrogen) atoms. The van der Waals surface area contributed by atoms with Crippen LogP contribution in [0, 0.1) is 0 Å². The summed E-state index contributed by atoms with van der Waals surface area (Å²) in [6.45, 7) is 1.95. The predicted molar refractivity (Wildman–Crippen MR) is 76.9 cm³/mol. The molecule has 2 heterocycles. The lowest BCUT2D eigenvalue weighted by Crippen LogP contribution is -2.40. The molecule has 1 amide bonds. The van der Waals surface area contributed by atoms with E-state index in [4.69, 9.17) is 9.84 Å². The molecule has 1 fully saturated rings. The minimum atomic E-state index is -0.998. The number of aryl methyl sites for hydroxylation is 2. The second-order valence-corrected chi connectivity index (χ2v) is 5.59. The van der Waals surface area contributed by atoms with Gasteiger partial charge in [-0.25, -0.2) is 4.79 Å². The molecule has 0 saturated carbocycles. The van der Waals surface area contributed by atoms with Crippen molar-refractivity contribution in [1.29, 1.82) is 0 Å². The van der Waals surface area contributed by atoms with Crippen molar-refractivity contribution in [2.45, 2.75) is 50.9 Å². The van der Waals surface area contributed by atoms with E-state index in [0.29, 0.717) is 12.8 Å². The van der Waals surface area contributed by atoms with Crippen molar-refractivity contribution < 1.29 is 19.4 Å². The number of carbonyl (C=O) groups is 2. The van der Waals surface area contributed by atoms with E-state index in [9.17, 15) is 9.59 Å². The van der Waals surface area contributed by atoms with Gasteiger partial charge < -0.3 is 19.7 Å². The maximum absolute atomic E-state index is 12.0. The van der Waals surface area contributed by atoms with Gasteiger partial charge in [-0.05, 0) is 44.7 Å². The largest absolute Gasteiger partial charge is 0.479 e. The number of ether oxygens (including phenoxy) is 1. The number of aromatic nitrogens is 1. The van der Waals surface area contributed by atoms with E-state index >= 15 is 0 Å². The first-order valence-corrected chi connectivity index (χ1v) is 7.26. The summed E-state index contributed by atoms with van der Waals surface area (Å²) in [5, 5.41) is 11.7. The molecule has 1 aromatic rings. The highest BCUT2D eigenvalue weighted by Crippen LogP contribution is 2.20. The van der Waals surface area contributed by atoms with Crippen molar-refractivity contribution in [1.82, 2.24) is 9.88 Å². The summed E-state index contributed by atoms with van der Waals surface area (Å²) in [7, 11) is 2.00. The second-order valence-electron chi connectivity index (χ2n) is 5.59. The van der Waals surface area contributed by atoms with Gasteiger partial charge in [-0.3, -0.25) is 4.79 Å². The molecule has 116 valence electrons. The maximum Gasteiger partial charge on any atom is 0.332 e. The fourth-order valence-corrected chi connectivity index (χ4v) is 2.54. The van der Waals surface area contributed by atoms with Gasteiger partial charge in [0.15, 0.2) is 6.10 Å². The minimum absolute atomic E-state index is 0.0277.